The van der Waals surface area contributed by atoms with E-state index in [4.69, 9.17) is 4.74 Å². The van der Waals surface area contributed by atoms with Crippen molar-refractivity contribution in [1.82, 2.24) is 10.0 Å². The molecule has 1 amide bonds. The number of amides is 1. The van der Waals surface area contributed by atoms with Gasteiger partial charge in [0.1, 0.15) is 5.82 Å². The van der Waals surface area contributed by atoms with Crippen LogP contribution in [-0.2, 0) is 19.6 Å². The molecular weight excluding hydrogens is 275 g/mol. The molecular formula is C11H15FN2O4S. The van der Waals surface area contributed by atoms with Gasteiger partial charge in [0.15, 0.2) is 0 Å². The Morgan fingerprint density at radius 2 is 1.95 bits per heavy atom. The van der Waals surface area contributed by atoms with Gasteiger partial charge in [0.2, 0.25) is 15.9 Å². The van der Waals surface area contributed by atoms with Crippen molar-refractivity contribution >= 4 is 15.9 Å². The predicted molar refractivity (Wildman–Crippen MR) is 66.5 cm³/mol. The molecule has 0 aromatic heterocycles. The van der Waals surface area contributed by atoms with E-state index in [0.717, 1.165) is 24.3 Å². The fourth-order valence-electron chi connectivity index (χ4n) is 1.21. The van der Waals surface area contributed by atoms with Gasteiger partial charge >= 0.3 is 0 Å². The van der Waals surface area contributed by atoms with Gasteiger partial charge in [0, 0.05) is 13.7 Å². The van der Waals surface area contributed by atoms with Crippen molar-refractivity contribution in [2.24, 2.45) is 0 Å². The quantitative estimate of drug-likeness (QED) is 0.685. The zero-order chi connectivity index (χ0) is 14.3. The van der Waals surface area contributed by atoms with Gasteiger partial charge < -0.3 is 10.1 Å². The summed E-state index contributed by atoms with van der Waals surface area (Å²) in [6, 6.07) is 4.32. The van der Waals surface area contributed by atoms with Crippen molar-refractivity contribution in [2.45, 2.75) is 4.90 Å². The zero-order valence-corrected chi connectivity index (χ0v) is 11.2. The molecule has 0 aliphatic rings. The number of nitrogens with one attached hydrogen (secondary N) is 2. The van der Waals surface area contributed by atoms with Crippen molar-refractivity contribution in [1.29, 1.82) is 0 Å². The van der Waals surface area contributed by atoms with Crippen LogP contribution in [-0.4, -0.2) is 41.1 Å². The predicted octanol–water partition coefficient (Wildman–Crippen LogP) is -0.133. The number of benzene rings is 1. The van der Waals surface area contributed by atoms with E-state index in [1.807, 2.05) is 0 Å². The van der Waals surface area contributed by atoms with Crippen molar-refractivity contribution in [3.63, 3.8) is 0 Å². The second-order valence-electron chi connectivity index (χ2n) is 3.62. The Morgan fingerprint density at radius 3 is 2.53 bits per heavy atom. The summed E-state index contributed by atoms with van der Waals surface area (Å²) in [6.45, 7) is 0.257. The minimum Gasteiger partial charge on any atom is -0.383 e. The van der Waals surface area contributed by atoms with Crippen LogP contribution in [0.1, 0.15) is 0 Å². The normalized spacial score (nSPS) is 11.3. The van der Waals surface area contributed by atoms with Gasteiger partial charge in [0.05, 0.1) is 18.0 Å². The van der Waals surface area contributed by atoms with E-state index >= 15 is 0 Å². The van der Waals surface area contributed by atoms with E-state index < -0.39 is 21.7 Å². The Kier molecular flexibility index (Phi) is 5.87. The van der Waals surface area contributed by atoms with Crippen LogP contribution >= 0.6 is 0 Å². The number of carbonyl (C=O) groups is 1. The lowest BCUT2D eigenvalue weighted by Gasteiger charge is -2.07. The molecule has 106 valence electrons. The molecule has 19 heavy (non-hydrogen) atoms. The Balaban J connectivity index is 2.51. The summed E-state index contributed by atoms with van der Waals surface area (Å²) in [4.78, 5) is 11.2. The first-order valence-electron chi connectivity index (χ1n) is 5.46. The van der Waals surface area contributed by atoms with Gasteiger partial charge in [-0.05, 0) is 24.3 Å². The minimum absolute atomic E-state index is 0.0985. The van der Waals surface area contributed by atoms with Crippen LogP contribution in [0.5, 0.6) is 0 Å². The Hall–Kier alpha value is -1.51. The lowest BCUT2D eigenvalue weighted by Crippen LogP contribution is -2.38. The first-order chi connectivity index (χ1) is 8.95. The molecule has 0 radical (unpaired) electrons. The molecule has 1 aromatic carbocycles. The van der Waals surface area contributed by atoms with Gasteiger partial charge in [-0.15, -0.1) is 0 Å². The molecule has 0 atom stereocenters. The molecule has 2 N–H and O–H groups in total. The number of hydrogen-bond acceptors (Lipinski definition) is 4. The lowest BCUT2D eigenvalue weighted by atomic mass is 10.4. The van der Waals surface area contributed by atoms with Crippen molar-refractivity contribution in [3.05, 3.63) is 30.1 Å². The van der Waals surface area contributed by atoms with Crippen LogP contribution in [0.2, 0.25) is 0 Å². The number of methoxy groups -OCH3 is 1. The molecule has 0 saturated carbocycles. The number of ether oxygens (including phenoxy) is 1. The Bertz CT molecular complexity index is 516. The van der Waals surface area contributed by atoms with E-state index in [9.17, 15) is 17.6 Å². The van der Waals surface area contributed by atoms with E-state index in [1.54, 1.807) is 0 Å². The minimum atomic E-state index is -3.81. The monoisotopic (exact) mass is 290 g/mol. The van der Waals surface area contributed by atoms with Crippen LogP contribution in [0.3, 0.4) is 0 Å². The molecule has 0 aliphatic heterocycles. The van der Waals surface area contributed by atoms with Crippen LogP contribution in [0.4, 0.5) is 4.39 Å². The van der Waals surface area contributed by atoms with E-state index in [-0.39, 0.29) is 11.4 Å². The maximum atomic E-state index is 12.7. The van der Waals surface area contributed by atoms with Crippen LogP contribution in [0, 0.1) is 5.82 Å². The third-order valence-electron chi connectivity index (χ3n) is 2.18. The van der Waals surface area contributed by atoms with E-state index in [1.165, 1.54) is 7.11 Å². The highest BCUT2D eigenvalue weighted by Gasteiger charge is 2.15. The number of hydrogen-bond donors (Lipinski definition) is 2. The number of sulfonamides is 1. The summed E-state index contributed by atoms with van der Waals surface area (Å²) in [5.74, 6) is -1.00. The Labute approximate surface area is 111 Å². The molecule has 0 spiro atoms. The second kappa shape index (κ2) is 7.17. The first-order valence-corrected chi connectivity index (χ1v) is 6.95. The topological polar surface area (TPSA) is 84.5 Å². The number of carbonyl (C=O) groups excluding carboxylic acids is 1. The average molecular weight is 290 g/mol. The standard InChI is InChI=1S/C11H15FN2O4S/c1-18-7-6-13-11(15)8-14-19(16,17)10-4-2-9(12)3-5-10/h2-5,14H,6-8H2,1H3,(H,13,15). The fraction of sp³-hybridized carbons (Fsp3) is 0.364. The molecule has 0 aliphatic carbocycles. The van der Waals surface area contributed by atoms with Crippen molar-refractivity contribution in [3.8, 4) is 0 Å². The molecule has 0 heterocycles. The second-order valence-corrected chi connectivity index (χ2v) is 5.39. The molecule has 0 fully saturated rings. The maximum Gasteiger partial charge on any atom is 0.241 e. The van der Waals surface area contributed by atoms with Gasteiger partial charge in [-0.3, -0.25) is 4.79 Å². The van der Waals surface area contributed by atoms with Crippen molar-refractivity contribution < 1.29 is 22.3 Å². The summed E-state index contributed by atoms with van der Waals surface area (Å²) in [5.41, 5.74) is 0. The third kappa shape index (κ3) is 5.33. The van der Waals surface area contributed by atoms with Gasteiger partial charge in [-0.25, -0.2) is 17.5 Å². The lowest BCUT2D eigenvalue weighted by molar-refractivity contribution is -0.120. The molecule has 1 rings (SSSR count). The summed E-state index contributed by atoms with van der Waals surface area (Å²) in [6.07, 6.45) is 0. The van der Waals surface area contributed by atoms with Crippen molar-refractivity contribution in [2.75, 3.05) is 26.8 Å². The summed E-state index contributed by atoms with van der Waals surface area (Å²) >= 11 is 0. The van der Waals surface area contributed by atoms with Gasteiger partial charge in [-0.2, -0.15) is 0 Å². The third-order valence-corrected chi connectivity index (χ3v) is 3.59. The summed E-state index contributed by atoms with van der Waals surface area (Å²) in [7, 11) is -2.32. The Morgan fingerprint density at radius 1 is 1.32 bits per heavy atom. The zero-order valence-electron chi connectivity index (χ0n) is 10.3. The summed E-state index contributed by atoms with van der Waals surface area (Å²) < 4.78 is 43.0. The van der Waals surface area contributed by atoms with Crippen LogP contribution in [0.25, 0.3) is 0 Å². The molecule has 6 nitrogen and oxygen atoms in total. The summed E-state index contributed by atoms with van der Waals surface area (Å²) in [5, 5.41) is 2.47. The molecule has 0 bridgehead atoms. The first kappa shape index (κ1) is 15.5. The molecule has 1 aromatic rings. The van der Waals surface area contributed by atoms with E-state index in [0.29, 0.717) is 13.2 Å². The molecule has 8 heteroatoms. The number of halogens is 1. The van der Waals surface area contributed by atoms with Crippen LogP contribution in [0.15, 0.2) is 29.2 Å². The maximum absolute atomic E-state index is 12.7. The highest BCUT2D eigenvalue weighted by Crippen LogP contribution is 2.08. The highest BCUT2D eigenvalue weighted by molar-refractivity contribution is 7.89. The smallest absolute Gasteiger partial charge is 0.241 e. The largest absolute Gasteiger partial charge is 0.383 e. The van der Waals surface area contributed by atoms with Gasteiger partial charge in [-0.1, -0.05) is 0 Å². The fourth-order valence-corrected chi connectivity index (χ4v) is 2.19. The van der Waals surface area contributed by atoms with Crippen LogP contribution < -0.4 is 10.0 Å². The molecule has 0 unspecified atom stereocenters. The van der Waals surface area contributed by atoms with Gasteiger partial charge in [0.25, 0.3) is 0 Å². The van der Waals surface area contributed by atoms with E-state index in [2.05, 4.69) is 10.0 Å². The SMILES string of the molecule is COCCNC(=O)CNS(=O)(=O)c1ccc(F)cc1. The molecule has 0 saturated heterocycles. The number of rotatable bonds is 7. The highest BCUT2D eigenvalue weighted by atomic mass is 32.2. The average Bonchev–Trinajstić information content (AvgIpc) is 2.37.